The summed E-state index contributed by atoms with van der Waals surface area (Å²) in [5.41, 5.74) is 6.01. The van der Waals surface area contributed by atoms with E-state index in [4.69, 9.17) is 5.73 Å². The lowest BCUT2D eigenvalue weighted by Crippen LogP contribution is -2.37. The third kappa shape index (κ3) is 3.58. The smallest absolute Gasteiger partial charge is 0.0171 e. The van der Waals surface area contributed by atoms with Gasteiger partial charge in [-0.3, -0.25) is 0 Å². The van der Waals surface area contributed by atoms with Gasteiger partial charge in [0.05, 0.1) is 0 Å². The van der Waals surface area contributed by atoms with Gasteiger partial charge in [0, 0.05) is 16.5 Å². The molecule has 2 rings (SSSR count). The zero-order valence-electron chi connectivity index (χ0n) is 10.0. The molecule has 0 aromatic carbocycles. The summed E-state index contributed by atoms with van der Waals surface area (Å²) in [7, 11) is 0. The summed E-state index contributed by atoms with van der Waals surface area (Å²) in [5.74, 6) is 1.85. The molecule has 2 aliphatic rings. The Morgan fingerprint density at radius 3 is 2.12 bits per heavy atom. The van der Waals surface area contributed by atoms with Crippen LogP contribution in [0.2, 0.25) is 0 Å². The van der Waals surface area contributed by atoms with Crippen molar-refractivity contribution in [1.82, 2.24) is 0 Å². The Morgan fingerprint density at radius 1 is 0.875 bits per heavy atom. The van der Waals surface area contributed by atoms with E-state index in [1.807, 2.05) is 0 Å². The van der Waals surface area contributed by atoms with Crippen LogP contribution >= 0.6 is 25.3 Å². The Morgan fingerprint density at radius 2 is 1.50 bits per heavy atom. The quantitative estimate of drug-likeness (QED) is 0.652. The molecule has 2 fully saturated rings. The highest BCUT2D eigenvalue weighted by Crippen LogP contribution is 2.37. The molecule has 94 valence electrons. The molecule has 0 spiro atoms. The first-order valence-electron chi connectivity index (χ1n) is 6.77. The van der Waals surface area contributed by atoms with Crippen LogP contribution < -0.4 is 5.73 Å². The van der Waals surface area contributed by atoms with Gasteiger partial charge in [0.1, 0.15) is 0 Å². The average Bonchev–Trinajstić information content (AvgIpc) is 2.27. The van der Waals surface area contributed by atoms with Crippen LogP contribution in [0, 0.1) is 11.8 Å². The number of rotatable bonds is 2. The topological polar surface area (TPSA) is 26.0 Å². The van der Waals surface area contributed by atoms with Crippen molar-refractivity contribution in [2.24, 2.45) is 17.6 Å². The van der Waals surface area contributed by atoms with Crippen molar-refractivity contribution in [3.8, 4) is 0 Å². The van der Waals surface area contributed by atoms with Crippen LogP contribution in [0.3, 0.4) is 0 Å². The van der Waals surface area contributed by atoms with E-state index >= 15 is 0 Å². The van der Waals surface area contributed by atoms with Gasteiger partial charge in [0.2, 0.25) is 0 Å². The monoisotopic (exact) mass is 259 g/mol. The predicted molar refractivity (Wildman–Crippen MR) is 77.4 cm³/mol. The minimum Gasteiger partial charge on any atom is -0.327 e. The lowest BCUT2D eigenvalue weighted by molar-refractivity contribution is 0.241. The summed E-state index contributed by atoms with van der Waals surface area (Å²) < 4.78 is 0. The normalized spacial score (nSPS) is 45.6. The molecule has 0 bridgehead atoms. The van der Waals surface area contributed by atoms with Crippen LogP contribution in [-0.4, -0.2) is 16.5 Å². The van der Waals surface area contributed by atoms with Crippen LogP contribution in [0.5, 0.6) is 0 Å². The standard InChI is InChI=1S/C13H25NS2/c14-12-6-3-10(8-13(12)16)7-9-1-4-11(15)5-2-9/h9-13,15-16H,1-8,14H2. The Balaban J connectivity index is 1.73. The van der Waals surface area contributed by atoms with Gasteiger partial charge in [0.15, 0.2) is 0 Å². The Kier molecular flexibility index (Phi) is 4.92. The number of hydrogen-bond acceptors (Lipinski definition) is 3. The number of hydrogen-bond donors (Lipinski definition) is 3. The molecule has 0 aromatic heterocycles. The first-order chi connectivity index (χ1) is 7.65. The van der Waals surface area contributed by atoms with Gasteiger partial charge >= 0.3 is 0 Å². The third-order valence-electron chi connectivity index (χ3n) is 4.46. The fourth-order valence-electron chi connectivity index (χ4n) is 3.32. The van der Waals surface area contributed by atoms with Crippen molar-refractivity contribution in [2.45, 2.75) is 67.9 Å². The van der Waals surface area contributed by atoms with E-state index in [0.29, 0.717) is 16.5 Å². The maximum Gasteiger partial charge on any atom is 0.0171 e. The van der Waals surface area contributed by atoms with Crippen molar-refractivity contribution in [2.75, 3.05) is 0 Å². The Hall–Kier alpha value is 0.660. The van der Waals surface area contributed by atoms with E-state index in [1.165, 1.54) is 51.4 Å². The lowest BCUT2D eigenvalue weighted by Gasteiger charge is -2.35. The minimum atomic E-state index is 0.341. The van der Waals surface area contributed by atoms with E-state index in [9.17, 15) is 0 Å². The van der Waals surface area contributed by atoms with Gasteiger partial charge < -0.3 is 5.73 Å². The van der Waals surface area contributed by atoms with E-state index in [-0.39, 0.29) is 0 Å². The summed E-state index contributed by atoms with van der Waals surface area (Å²) >= 11 is 9.18. The molecule has 3 atom stereocenters. The van der Waals surface area contributed by atoms with E-state index in [0.717, 1.165) is 11.8 Å². The largest absolute Gasteiger partial charge is 0.327 e. The zero-order chi connectivity index (χ0) is 11.5. The summed E-state index contributed by atoms with van der Waals surface area (Å²) in [6.45, 7) is 0. The molecule has 3 heteroatoms. The molecule has 2 N–H and O–H groups in total. The Labute approximate surface area is 111 Å². The molecule has 0 saturated heterocycles. The van der Waals surface area contributed by atoms with Crippen LogP contribution in [0.4, 0.5) is 0 Å². The fourth-order valence-corrected chi connectivity index (χ4v) is 4.07. The molecular weight excluding hydrogens is 234 g/mol. The molecular formula is C13H25NS2. The SMILES string of the molecule is NC1CCC(CC2CCC(S)CC2)CC1S. The molecule has 0 radical (unpaired) electrons. The molecule has 0 amide bonds. The second-order valence-electron chi connectivity index (χ2n) is 5.82. The van der Waals surface area contributed by atoms with Crippen molar-refractivity contribution in [3.05, 3.63) is 0 Å². The van der Waals surface area contributed by atoms with Gasteiger partial charge in [-0.2, -0.15) is 25.3 Å². The van der Waals surface area contributed by atoms with E-state index < -0.39 is 0 Å². The zero-order valence-corrected chi connectivity index (χ0v) is 11.8. The first-order valence-corrected chi connectivity index (χ1v) is 7.80. The second-order valence-corrected chi connectivity index (χ2v) is 7.21. The molecule has 3 unspecified atom stereocenters. The van der Waals surface area contributed by atoms with Gasteiger partial charge in [-0.1, -0.05) is 0 Å². The second kappa shape index (κ2) is 6.01. The van der Waals surface area contributed by atoms with E-state index in [2.05, 4.69) is 25.3 Å². The minimum absolute atomic E-state index is 0.341. The van der Waals surface area contributed by atoms with Crippen molar-refractivity contribution >= 4 is 25.3 Å². The Bertz CT molecular complexity index is 214. The van der Waals surface area contributed by atoms with Crippen LogP contribution in [0.1, 0.15) is 51.4 Å². The van der Waals surface area contributed by atoms with Crippen molar-refractivity contribution < 1.29 is 0 Å². The van der Waals surface area contributed by atoms with Gasteiger partial charge in [-0.05, 0) is 63.2 Å². The maximum absolute atomic E-state index is 6.01. The van der Waals surface area contributed by atoms with Gasteiger partial charge in [0.25, 0.3) is 0 Å². The predicted octanol–water partition coefficient (Wildman–Crippen LogP) is 3.29. The molecule has 2 aliphatic carbocycles. The fraction of sp³-hybridized carbons (Fsp3) is 1.00. The lowest BCUT2D eigenvalue weighted by atomic mass is 9.76. The van der Waals surface area contributed by atoms with Crippen molar-refractivity contribution in [3.63, 3.8) is 0 Å². The number of nitrogens with two attached hydrogens (primary N) is 1. The maximum atomic E-state index is 6.01. The van der Waals surface area contributed by atoms with Crippen LogP contribution in [0.15, 0.2) is 0 Å². The average molecular weight is 259 g/mol. The first kappa shape index (κ1) is 13.1. The van der Waals surface area contributed by atoms with Crippen LogP contribution in [-0.2, 0) is 0 Å². The highest BCUT2D eigenvalue weighted by atomic mass is 32.1. The molecule has 2 saturated carbocycles. The summed E-state index contributed by atoms with van der Waals surface area (Å²) in [6.07, 6.45) is 10.6. The molecule has 0 aliphatic heterocycles. The highest BCUT2D eigenvalue weighted by molar-refractivity contribution is 7.81. The van der Waals surface area contributed by atoms with Gasteiger partial charge in [-0.25, -0.2) is 0 Å². The number of thiol groups is 2. The summed E-state index contributed by atoms with van der Waals surface area (Å²) in [5, 5.41) is 1.12. The molecule has 0 aromatic rings. The highest BCUT2D eigenvalue weighted by Gasteiger charge is 2.28. The molecule has 1 nitrogen and oxygen atoms in total. The summed E-state index contributed by atoms with van der Waals surface area (Å²) in [4.78, 5) is 0. The van der Waals surface area contributed by atoms with Crippen LogP contribution in [0.25, 0.3) is 0 Å². The molecule has 16 heavy (non-hydrogen) atoms. The third-order valence-corrected chi connectivity index (χ3v) is 5.57. The molecule has 0 heterocycles. The summed E-state index contributed by atoms with van der Waals surface area (Å²) in [6, 6.07) is 0.341. The van der Waals surface area contributed by atoms with Gasteiger partial charge in [-0.15, -0.1) is 0 Å². The van der Waals surface area contributed by atoms with E-state index in [1.54, 1.807) is 0 Å². The van der Waals surface area contributed by atoms with Crippen molar-refractivity contribution in [1.29, 1.82) is 0 Å².